The van der Waals surface area contributed by atoms with E-state index < -0.39 is 0 Å². The summed E-state index contributed by atoms with van der Waals surface area (Å²) >= 11 is 0. The van der Waals surface area contributed by atoms with Crippen LogP contribution >= 0.6 is 0 Å². The van der Waals surface area contributed by atoms with Crippen molar-refractivity contribution in [1.29, 1.82) is 0 Å². The van der Waals surface area contributed by atoms with E-state index in [-0.39, 0.29) is 0 Å². The molecule has 28 heavy (non-hydrogen) atoms. The number of anilines is 1. The molecule has 0 bridgehead atoms. The van der Waals surface area contributed by atoms with E-state index in [1.54, 1.807) is 6.20 Å². The number of aryl methyl sites for hydroxylation is 1. The fourth-order valence-electron chi connectivity index (χ4n) is 3.90. The average molecular weight is 374 g/mol. The maximum absolute atomic E-state index is 4.88. The molecule has 3 aromatic rings. The van der Waals surface area contributed by atoms with Crippen LogP contribution in [0.4, 0.5) is 5.82 Å². The lowest BCUT2D eigenvalue weighted by Gasteiger charge is -2.30. The number of aromatic nitrogens is 3. The van der Waals surface area contributed by atoms with Crippen LogP contribution in [0.3, 0.4) is 0 Å². The van der Waals surface area contributed by atoms with Gasteiger partial charge in [0.05, 0.1) is 0 Å². The summed E-state index contributed by atoms with van der Waals surface area (Å²) in [5, 5.41) is 0. The Bertz CT molecular complexity index is 897. The van der Waals surface area contributed by atoms with Gasteiger partial charge in [0.2, 0.25) is 0 Å². The summed E-state index contributed by atoms with van der Waals surface area (Å²) in [5.74, 6) is 1.76. The molecular weight excluding hydrogens is 346 g/mol. The maximum Gasteiger partial charge on any atom is 0.163 e. The fraction of sp³-hybridized carbons (Fsp3) is 0.348. The number of pyridine rings is 1. The summed E-state index contributed by atoms with van der Waals surface area (Å²) in [6, 6.07) is 17.2. The number of rotatable bonds is 4. The summed E-state index contributed by atoms with van der Waals surface area (Å²) < 4.78 is 0. The molecule has 5 heteroatoms. The second kappa shape index (κ2) is 8.48. The van der Waals surface area contributed by atoms with Gasteiger partial charge in [-0.25, -0.2) is 9.97 Å². The second-order valence-electron chi connectivity index (χ2n) is 7.55. The minimum Gasteiger partial charge on any atom is -0.352 e. The highest BCUT2D eigenvalue weighted by atomic mass is 15.3. The summed E-state index contributed by atoms with van der Waals surface area (Å²) in [6.45, 7) is 8.48. The zero-order valence-electron chi connectivity index (χ0n) is 16.6. The number of hydrogen-bond donors (Lipinski definition) is 0. The zero-order valence-corrected chi connectivity index (χ0v) is 16.6. The minimum absolute atomic E-state index is 0.391. The molecule has 5 nitrogen and oxygen atoms in total. The molecule has 0 aliphatic carbocycles. The van der Waals surface area contributed by atoms with Crippen LogP contribution in [0, 0.1) is 6.92 Å². The van der Waals surface area contributed by atoms with Crippen molar-refractivity contribution in [1.82, 2.24) is 19.9 Å². The Morgan fingerprint density at radius 1 is 1.04 bits per heavy atom. The van der Waals surface area contributed by atoms with Gasteiger partial charge in [0.15, 0.2) is 5.82 Å². The lowest BCUT2D eigenvalue weighted by atomic mass is 10.2. The Balaban J connectivity index is 1.54. The van der Waals surface area contributed by atoms with Crippen LogP contribution in [0.2, 0.25) is 0 Å². The van der Waals surface area contributed by atoms with E-state index in [0.717, 1.165) is 55.5 Å². The molecule has 0 radical (unpaired) electrons. The molecule has 0 amide bonds. The monoisotopic (exact) mass is 373 g/mol. The van der Waals surface area contributed by atoms with Gasteiger partial charge < -0.3 is 4.90 Å². The van der Waals surface area contributed by atoms with Crippen LogP contribution in [0.5, 0.6) is 0 Å². The van der Waals surface area contributed by atoms with Crippen molar-refractivity contribution in [3.8, 4) is 11.4 Å². The van der Waals surface area contributed by atoms with Crippen molar-refractivity contribution in [3.05, 3.63) is 72.2 Å². The van der Waals surface area contributed by atoms with Gasteiger partial charge in [-0.3, -0.25) is 9.88 Å². The van der Waals surface area contributed by atoms with Gasteiger partial charge in [-0.05, 0) is 38.0 Å². The Hall–Kier alpha value is -2.79. The normalized spacial score (nSPS) is 18.1. The molecule has 0 N–H and O–H groups in total. The molecule has 1 aliphatic rings. The number of hydrogen-bond acceptors (Lipinski definition) is 5. The van der Waals surface area contributed by atoms with Crippen molar-refractivity contribution in [2.45, 2.75) is 32.9 Å². The zero-order chi connectivity index (χ0) is 19.3. The molecule has 0 saturated carbocycles. The first-order valence-corrected chi connectivity index (χ1v) is 9.98. The lowest BCUT2D eigenvalue weighted by molar-refractivity contribution is 0.268. The molecule has 1 unspecified atom stereocenters. The lowest BCUT2D eigenvalue weighted by Crippen LogP contribution is -2.39. The average Bonchev–Trinajstić information content (AvgIpc) is 2.90. The third kappa shape index (κ3) is 4.37. The van der Waals surface area contributed by atoms with E-state index in [1.807, 2.05) is 25.3 Å². The van der Waals surface area contributed by atoms with Gasteiger partial charge in [-0.1, -0.05) is 30.3 Å². The highest BCUT2D eigenvalue weighted by molar-refractivity contribution is 5.57. The quantitative estimate of drug-likeness (QED) is 0.693. The molecule has 1 saturated heterocycles. The van der Waals surface area contributed by atoms with Crippen LogP contribution < -0.4 is 4.90 Å². The smallest absolute Gasteiger partial charge is 0.163 e. The van der Waals surface area contributed by atoms with Crippen LogP contribution in [-0.2, 0) is 6.54 Å². The highest BCUT2D eigenvalue weighted by Gasteiger charge is 2.23. The van der Waals surface area contributed by atoms with Crippen molar-refractivity contribution in [2.75, 3.05) is 24.5 Å². The Morgan fingerprint density at radius 3 is 2.68 bits per heavy atom. The fourth-order valence-corrected chi connectivity index (χ4v) is 3.90. The van der Waals surface area contributed by atoms with E-state index in [0.29, 0.717) is 6.04 Å². The summed E-state index contributed by atoms with van der Waals surface area (Å²) in [4.78, 5) is 18.7. The Labute approximate surface area is 167 Å². The van der Waals surface area contributed by atoms with Crippen LogP contribution in [0.25, 0.3) is 11.4 Å². The van der Waals surface area contributed by atoms with E-state index in [4.69, 9.17) is 4.98 Å². The van der Waals surface area contributed by atoms with E-state index >= 15 is 0 Å². The van der Waals surface area contributed by atoms with Gasteiger partial charge in [-0.15, -0.1) is 0 Å². The summed E-state index contributed by atoms with van der Waals surface area (Å²) in [6.07, 6.45) is 4.73. The Kier molecular flexibility index (Phi) is 5.63. The molecule has 1 aromatic carbocycles. The number of nitrogens with zero attached hydrogens (tertiary/aromatic N) is 5. The third-order valence-corrected chi connectivity index (χ3v) is 5.23. The van der Waals surface area contributed by atoms with Crippen molar-refractivity contribution in [3.63, 3.8) is 0 Å². The van der Waals surface area contributed by atoms with Crippen molar-refractivity contribution in [2.24, 2.45) is 0 Å². The molecule has 144 valence electrons. The van der Waals surface area contributed by atoms with Gasteiger partial charge in [0.25, 0.3) is 0 Å². The van der Waals surface area contributed by atoms with Crippen LogP contribution in [0.15, 0.2) is 60.9 Å². The van der Waals surface area contributed by atoms with Crippen molar-refractivity contribution < 1.29 is 0 Å². The molecule has 4 rings (SSSR count). The molecule has 2 aromatic heterocycles. The van der Waals surface area contributed by atoms with Crippen LogP contribution in [0.1, 0.15) is 24.6 Å². The summed E-state index contributed by atoms with van der Waals surface area (Å²) in [7, 11) is 0. The predicted octanol–water partition coefficient (Wildman–Crippen LogP) is 3.95. The molecule has 1 aliphatic heterocycles. The maximum atomic E-state index is 4.88. The first kappa shape index (κ1) is 18.6. The van der Waals surface area contributed by atoms with Gasteiger partial charge >= 0.3 is 0 Å². The first-order chi connectivity index (χ1) is 13.7. The topological polar surface area (TPSA) is 45.2 Å². The molecular formula is C23H27N5. The van der Waals surface area contributed by atoms with E-state index in [9.17, 15) is 0 Å². The molecule has 1 atom stereocenters. The first-order valence-electron chi connectivity index (χ1n) is 9.98. The molecule has 0 spiro atoms. The Morgan fingerprint density at radius 2 is 1.89 bits per heavy atom. The summed E-state index contributed by atoms with van der Waals surface area (Å²) in [5.41, 5.74) is 3.32. The SMILES string of the molecule is Cc1cc(N2CCCN(Cc3ccccc3)CC2C)nc(-c2cccnc2)n1. The minimum atomic E-state index is 0.391. The van der Waals surface area contributed by atoms with E-state index in [2.05, 4.69) is 63.1 Å². The number of benzene rings is 1. The molecule has 3 heterocycles. The third-order valence-electron chi connectivity index (χ3n) is 5.23. The van der Waals surface area contributed by atoms with Crippen LogP contribution in [-0.4, -0.2) is 45.5 Å². The van der Waals surface area contributed by atoms with Gasteiger partial charge in [0.1, 0.15) is 5.82 Å². The van der Waals surface area contributed by atoms with E-state index in [1.165, 1.54) is 5.56 Å². The second-order valence-corrected chi connectivity index (χ2v) is 7.55. The largest absolute Gasteiger partial charge is 0.352 e. The molecule has 1 fully saturated rings. The van der Waals surface area contributed by atoms with Crippen molar-refractivity contribution >= 4 is 5.82 Å². The van der Waals surface area contributed by atoms with Gasteiger partial charge in [-0.2, -0.15) is 0 Å². The highest BCUT2D eigenvalue weighted by Crippen LogP contribution is 2.23. The predicted molar refractivity (Wildman–Crippen MR) is 113 cm³/mol. The van der Waals surface area contributed by atoms with Gasteiger partial charge in [0, 0.05) is 61.9 Å². The standard InChI is InChI=1S/C23H27N5/c1-18-14-22(26-23(25-18)21-10-6-11-24-15-21)28-13-7-12-27(16-19(28)2)17-20-8-4-3-5-9-20/h3-6,8-11,14-15,19H,7,12-13,16-17H2,1-2H3.